The molecule has 0 bridgehead atoms. The van der Waals surface area contributed by atoms with E-state index >= 15 is 0 Å². The van der Waals surface area contributed by atoms with Gasteiger partial charge in [-0.25, -0.2) is 0 Å². The summed E-state index contributed by atoms with van der Waals surface area (Å²) >= 11 is 0. The highest BCUT2D eigenvalue weighted by Gasteiger charge is 2.39. The summed E-state index contributed by atoms with van der Waals surface area (Å²) in [5.41, 5.74) is 0.660. The summed E-state index contributed by atoms with van der Waals surface area (Å²) in [4.78, 5) is 0. The van der Waals surface area contributed by atoms with Gasteiger partial charge in [0.15, 0.2) is 0 Å². The van der Waals surface area contributed by atoms with Crippen LogP contribution in [0.5, 0.6) is 0 Å². The van der Waals surface area contributed by atoms with Gasteiger partial charge in [0, 0.05) is 0 Å². The Bertz CT molecular complexity index is 582. The van der Waals surface area contributed by atoms with Gasteiger partial charge in [0.25, 0.3) is 0 Å². The Hall–Kier alpha value is -0.480. The third kappa shape index (κ3) is 4.76. The van der Waals surface area contributed by atoms with Crippen LogP contribution in [-0.2, 0) is 27.2 Å². The van der Waals surface area contributed by atoms with E-state index in [0.29, 0.717) is 5.56 Å². The highest BCUT2D eigenvalue weighted by molar-refractivity contribution is 7.69. The molecule has 0 atom stereocenters. The largest absolute Gasteiger partial charge is 0.362 e. The molecule has 0 aliphatic rings. The van der Waals surface area contributed by atoms with E-state index in [0.717, 1.165) is 0 Å². The third-order valence-corrected chi connectivity index (χ3v) is 7.65. The molecule has 1 aromatic rings. The first-order chi connectivity index (χ1) is 10.9. The van der Waals surface area contributed by atoms with Crippen molar-refractivity contribution in [1.29, 1.82) is 0 Å². The fraction of sp³-hybridized carbons (Fsp3) is 0.600. The van der Waals surface area contributed by atoms with Crippen molar-refractivity contribution in [3.8, 4) is 0 Å². The van der Waals surface area contributed by atoms with Crippen LogP contribution in [0.3, 0.4) is 0 Å². The second-order valence-corrected chi connectivity index (χ2v) is 8.56. The fourth-order valence-electron chi connectivity index (χ4n) is 2.24. The van der Waals surface area contributed by atoms with Crippen molar-refractivity contribution in [3.05, 3.63) is 23.8 Å². The van der Waals surface area contributed by atoms with Crippen LogP contribution in [0.25, 0.3) is 0 Å². The van der Waals surface area contributed by atoms with Crippen LogP contribution in [0.1, 0.15) is 33.3 Å². The molecule has 0 N–H and O–H groups in total. The van der Waals surface area contributed by atoms with Crippen LogP contribution >= 0.6 is 15.2 Å². The minimum Gasteiger partial charge on any atom is -0.305 e. The van der Waals surface area contributed by atoms with Gasteiger partial charge in [-0.3, -0.25) is 9.13 Å². The van der Waals surface area contributed by atoms with Crippen LogP contribution in [0, 0.1) is 6.92 Å². The maximum absolute atomic E-state index is 13.2. The lowest BCUT2D eigenvalue weighted by atomic mass is 10.2. The molecular formula is C15H26O6P2. The Morgan fingerprint density at radius 2 is 1.22 bits per heavy atom. The van der Waals surface area contributed by atoms with Crippen LogP contribution < -0.4 is 10.6 Å². The molecule has 0 amide bonds. The Balaban J connectivity index is 3.60. The van der Waals surface area contributed by atoms with E-state index in [1.807, 2.05) is 0 Å². The Labute approximate surface area is 138 Å². The molecule has 1 rings (SSSR count). The summed E-state index contributed by atoms with van der Waals surface area (Å²) in [5, 5.41) is 0.514. The highest BCUT2D eigenvalue weighted by Crippen LogP contribution is 2.53. The molecule has 0 saturated heterocycles. The zero-order valence-electron chi connectivity index (χ0n) is 14.4. The smallest absolute Gasteiger partial charge is 0.305 e. The van der Waals surface area contributed by atoms with Gasteiger partial charge in [-0.2, -0.15) is 0 Å². The van der Waals surface area contributed by atoms with E-state index in [9.17, 15) is 9.13 Å². The van der Waals surface area contributed by atoms with Crippen LogP contribution in [0.4, 0.5) is 0 Å². The molecule has 0 aliphatic heterocycles. The molecule has 0 spiro atoms. The summed E-state index contributed by atoms with van der Waals surface area (Å²) in [6.45, 7) is 9.51. The van der Waals surface area contributed by atoms with Gasteiger partial charge >= 0.3 is 15.2 Å². The Morgan fingerprint density at radius 3 is 1.65 bits per heavy atom. The summed E-state index contributed by atoms with van der Waals surface area (Å²) in [6, 6.07) is 5.09. The topological polar surface area (TPSA) is 71.1 Å². The number of aryl methyl sites for hydroxylation is 1. The average Bonchev–Trinajstić information content (AvgIpc) is 2.47. The molecule has 0 radical (unpaired) electrons. The minimum atomic E-state index is -3.62. The van der Waals surface area contributed by atoms with Crippen molar-refractivity contribution in [2.24, 2.45) is 0 Å². The molecule has 0 heterocycles. The molecule has 0 aliphatic carbocycles. The van der Waals surface area contributed by atoms with E-state index in [1.54, 1.807) is 52.8 Å². The van der Waals surface area contributed by atoms with Crippen molar-refractivity contribution in [2.75, 3.05) is 26.4 Å². The monoisotopic (exact) mass is 364 g/mol. The number of rotatable bonds is 10. The lowest BCUT2D eigenvalue weighted by molar-refractivity contribution is 0.226. The summed E-state index contributed by atoms with van der Waals surface area (Å²) in [5.74, 6) is 0. The molecule has 0 unspecified atom stereocenters. The van der Waals surface area contributed by atoms with Crippen LogP contribution in [0.15, 0.2) is 18.2 Å². The van der Waals surface area contributed by atoms with Gasteiger partial charge in [-0.1, -0.05) is 12.1 Å². The molecular weight excluding hydrogens is 338 g/mol. The SMILES string of the molecule is CCOP(=O)(OCC)c1cccc(C)c1P(=O)(OCC)OCC. The number of hydrogen-bond acceptors (Lipinski definition) is 6. The average molecular weight is 364 g/mol. The second kappa shape index (κ2) is 9.12. The maximum Gasteiger partial charge on any atom is 0.362 e. The summed E-state index contributed by atoms with van der Waals surface area (Å²) < 4.78 is 48.1. The normalized spacial score (nSPS) is 12.6. The quantitative estimate of drug-likeness (QED) is 0.589. The molecule has 0 fully saturated rings. The molecule has 23 heavy (non-hydrogen) atoms. The number of hydrogen-bond donors (Lipinski definition) is 0. The standard InChI is InChI=1S/C15H26O6P2/c1-6-18-22(16,19-7-2)14-12-10-11-13(5)15(14)23(17,20-8-3)21-9-4/h10-12H,6-9H2,1-5H3. The molecule has 0 aromatic heterocycles. The predicted octanol–water partition coefficient (Wildman–Crippen LogP) is 3.78. The zero-order valence-corrected chi connectivity index (χ0v) is 16.2. The highest BCUT2D eigenvalue weighted by atomic mass is 31.2. The van der Waals surface area contributed by atoms with Crippen molar-refractivity contribution in [3.63, 3.8) is 0 Å². The zero-order chi connectivity index (χ0) is 17.5. The van der Waals surface area contributed by atoms with Gasteiger partial charge in [-0.15, -0.1) is 0 Å². The van der Waals surface area contributed by atoms with Gasteiger partial charge in [0.2, 0.25) is 0 Å². The predicted molar refractivity (Wildman–Crippen MR) is 92.2 cm³/mol. The van der Waals surface area contributed by atoms with E-state index in [2.05, 4.69) is 0 Å². The fourth-order valence-corrected chi connectivity index (χ4v) is 6.59. The van der Waals surface area contributed by atoms with Gasteiger partial charge < -0.3 is 18.1 Å². The molecule has 8 heteroatoms. The van der Waals surface area contributed by atoms with E-state index in [-0.39, 0.29) is 37.0 Å². The van der Waals surface area contributed by atoms with Crippen molar-refractivity contribution < 1.29 is 27.2 Å². The minimum absolute atomic E-state index is 0.207. The first kappa shape index (κ1) is 20.6. The van der Waals surface area contributed by atoms with Crippen LogP contribution in [-0.4, -0.2) is 26.4 Å². The molecule has 0 saturated carbocycles. The van der Waals surface area contributed by atoms with Gasteiger partial charge in [-0.05, 0) is 46.2 Å². The van der Waals surface area contributed by atoms with E-state index in [1.165, 1.54) is 0 Å². The summed E-state index contributed by atoms with van der Waals surface area (Å²) in [7, 11) is -7.24. The lowest BCUT2D eigenvalue weighted by Gasteiger charge is -2.25. The van der Waals surface area contributed by atoms with Crippen molar-refractivity contribution >= 4 is 25.8 Å². The Kier molecular flexibility index (Phi) is 8.15. The molecule has 132 valence electrons. The molecule has 6 nitrogen and oxygen atoms in total. The van der Waals surface area contributed by atoms with E-state index in [4.69, 9.17) is 18.1 Å². The van der Waals surface area contributed by atoms with Gasteiger partial charge in [0.05, 0.1) is 37.0 Å². The molecule has 1 aromatic carbocycles. The van der Waals surface area contributed by atoms with Crippen LogP contribution in [0.2, 0.25) is 0 Å². The first-order valence-corrected chi connectivity index (χ1v) is 10.9. The summed E-state index contributed by atoms with van der Waals surface area (Å²) in [6.07, 6.45) is 0. The first-order valence-electron chi connectivity index (χ1n) is 7.77. The number of benzene rings is 1. The van der Waals surface area contributed by atoms with Gasteiger partial charge in [0.1, 0.15) is 0 Å². The second-order valence-electron chi connectivity index (χ2n) is 4.61. The Morgan fingerprint density at radius 1 is 0.783 bits per heavy atom. The third-order valence-electron chi connectivity index (χ3n) is 2.98. The maximum atomic E-state index is 13.2. The van der Waals surface area contributed by atoms with E-state index < -0.39 is 15.2 Å². The van der Waals surface area contributed by atoms with Crippen molar-refractivity contribution in [1.82, 2.24) is 0 Å². The lowest BCUT2D eigenvalue weighted by Crippen LogP contribution is -2.31. The van der Waals surface area contributed by atoms with Crippen molar-refractivity contribution in [2.45, 2.75) is 34.6 Å².